The molecule has 2 N–H and O–H groups in total. The fourth-order valence-electron chi connectivity index (χ4n) is 4.43. The highest BCUT2D eigenvalue weighted by Gasteiger charge is 2.19. The number of hydrogen-bond donors (Lipinski definition) is 2. The van der Waals surface area contributed by atoms with Gasteiger partial charge >= 0.3 is 0 Å². The molecule has 4 rings (SSSR count). The van der Waals surface area contributed by atoms with Crippen molar-refractivity contribution >= 4 is 21.6 Å². The second kappa shape index (κ2) is 10.0. The van der Waals surface area contributed by atoms with Gasteiger partial charge in [-0.1, -0.05) is 48.9 Å². The van der Waals surface area contributed by atoms with Crippen LogP contribution in [-0.4, -0.2) is 14.3 Å². The lowest BCUT2D eigenvalue weighted by Gasteiger charge is -2.22. The molecule has 0 aliphatic heterocycles. The van der Waals surface area contributed by atoms with Gasteiger partial charge in [0.05, 0.1) is 16.6 Å². The molecule has 0 fully saturated rings. The van der Waals surface area contributed by atoms with Gasteiger partial charge in [-0.15, -0.1) is 0 Å². The Morgan fingerprint density at radius 3 is 2.32 bits per heavy atom. The molecule has 5 nitrogen and oxygen atoms in total. The number of anilines is 1. The van der Waals surface area contributed by atoms with E-state index in [1.807, 2.05) is 13.8 Å². The number of carbonyl (C=O) groups is 1. The minimum absolute atomic E-state index is 0.103. The third-order valence-electron chi connectivity index (χ3n) is 6.56. The highest BCUT2D eigenvalue weighted by molar-refractivity contribution is 7.92. The molecule has 34 heavy (non-hydrogen) atoms. The van der Waals surface area contributed by atoms with Crippen molar-refractivity contribution in [2.24, 2.45) is 0 Å². The van der Waals surface area contributed by atoms with Gasteiger partial charge in [0.15, 0.2) is 0 Å². The summed E-state index contributed by atoms with van der Waals surface area (Å²) >= 11 is 0. The van der Waals surface area contributed by atoms with E-state index in [9.17, 15) is 13.2 Å². The maximum atomic E-state index is 13.1. The van der Waals surface area contributed by atoms with Crippen molar-refractivity contribution in [2.75, 3.05) is 4.72 Å². The van der Waals surface area contributed by atoms with Gasteiger partial charge in [-0.05, 0) is 92.5 Å². The Labute approximate surface area is 202 Å². The van der Waals surface area contributed by atoms with Crippen LogP contribution in [0.15, 0.2) is 65.6 Å². The van der Waals surface area contributed by atoms with Crippen molar-refractivity contribution in [3.8, 4) is 0 Å². The quantitative estimate of drug-likeness (QED) is 0.448. The first-order valence-electron chi connectivity index (χ1n) is 11.9. The zero-order valence-corrected chi connectivity index (χ0v) is 20.8. The summed E-state index contributed by atoms with van der Waals surface area (Å²) in [5.41, 5.74) is 6.47. The van der Waals surface area contributed by atoms with Crippen molar-refractivity contribution in [1.29, 1.82) is 0 Å². The predicted molar refractivity (Wildman–Crippen MR) is 137 cm³/mol. The summed E-state index contributed by atoms with van der Waals surface area (Å²) in [6.45, 7) is 5.78. The summed E-state index contributed by atoms with van der Waals surface area (Å²) in [7, 11) is -3.76. The number of carbonyl (C=O) groups excluding carboxylic acids is 1. The molecule has 1 unspecified atom stereocenters. The van der Waals surface area contributed by atoms with Crippen molar-refractivity contribution < 1.29 is 13.2 Å². The van der Waals surface area contributed by atoms with E-state index in [1.165, 1.54) is 24.0 Å². The van der Waals surface area contributed by atoms with Crippen LogP contribution in [0.25, 0.3) is 0 Å². The van der Waals surface area contributed by atoms with E-state index in [0.717, 1.165) is 36.0 Å². The largest absolute Gasteiger partial charge is 0.345 e. The van der Waals surface area contributed by atoms with Crippen LogP contribution < -0.4 is 10.0 Å². The maximum absolute atomic E-state index is 13.1. The lowest BCUT2D eigenvalue weighted by atomic mass is 9.88. The average molecular weight is 477 g/mol. The Bertz CT molecular complexity index is 1300. The third kappa shape index (κ3) is 5.33. The first kappa shape index (κ1) is 24.0. The molecule has 0 spiro atoms. The standard InChI is InChI=1S/C28H32N2O3S/c1-4-26(23-14-13-21-7-5-6-8-22(21)17-23)29-28(31)24-12-11-20(3)27(18-24)30-34(32,33)25-15-9-19(2)10-16-25/h9-18,26,30H,4-8H2,1-3H3,(H,29,31). The molecule has 0 aromatic heterocycles. The van der Waals surface area contributed by atoms with Crippen molar-refractivity contribution in [3.05, 3.63) is 94.0 Å². The fourth-order valence-corrected chi connectivity index (χ4v) is 5.55. The summed E-state index contributed by atoms with van der Waals surface area (Å²) in [4.78, 5) is 13.3. The molecule has 178 valence electrons. The van der Waals surface area contributed by atoms with Gasteiger partial charge in [0.1, 0.15) is 0 Å². The molecule has 3 aromatic carbocycles. The number of sulfonamides is 1. The van der Waals surface area contributed by atoms with E-state index in [2.05, 4.69) is 35.2 Å². The Kier molecular flexibility index (Phi) is 7.08. The van der Waals surface area contributed by atoms with E-state index in [0.29, 0.717) is 11.3 Å². The summed E-state index contributed by atoms with van der Waals surface area (Å²) in [6, 6.07) is 18.2. The van der Waals surface area contributed by atoms with Gasteiger partial charge in [-0.2, -0.15) is 0 Å². The van der Waals surface area contributed by atoms with Crippen molar-refractivity contribution in [3.63, 3.8) is 0 Å². The summed E-state index contributed by atoms with van der Waals surface area (Å²) in [5, 5.41) is 3.14. The van der Waals surface area contributed by atoms with Gasteiger partial charge in [0, 0.05) is 5.56 Å². The van der Waals surface area contributed by atoms with Gasteiger partial charge in [-0.25, -0.2) is 8.42 Å². The third-order valence-corrected chi connectivity index (χ3v) is 7.95. The van der Waals surface area contributed by atoms with E-state index in [1.54, 1.807) is 42.5 Å². The molecule has 0 radical (unpaired) electrons. The van der Waals surface area contributed by atoms with Crippen LogP contribution in [0, 0.1) is 13.8 Å². The number of benzene rings is 3. The number of rotatable bonds is 7. The molecule has 0 heterocycles. The number of hydrogen-bond acceptors (Lipinski definition) is 3. The highest BCUT2D eigenvalue weighted by Crippen LogP contribution is 2.27. The Balaban J connectivity index is 1.53. The maximum Gasteiger partial charge on any atom is 0.261 e. The van der Waals surface area contributed by atoms with Crippen LogP contribution in [0.1, 0.15) is 70.4 Å². The minimum atomic E-state index is -3.76. The van der Waals surface area contributed by atoms with Crippen LogP contribution in [0.5, 0.6) is 0 Å². The lowest BCUT2D eigenvalue weighted by molar-refractivity contribution is 0.0935. The normalized spacial score (nSPS) is 14.2. The fraction of sp³-hybridized carbons (Fsp3) is 0.321. The van der Waals surface area contributed by atoms with Crippen LogP contribution in [0.4, 0.5) is 5.69 Å². The van der Waals surface area contributed by atoms with E-state index in [-0.39, 0.29) is 16.8 Å². The molecule has 6 heteroatoms. The van der Waals surface area contributed by atoms with E-state index in [4.69, 9.17) is 0 Å². The summed E-state index contributed by atoms with van der Waals surface area (Å²) < 4.78 is 28.4. The second-order valence-corrected chi connectivity index (χ2v) is 10.8. The van der Waals surface area contributed by atoms with E-state index >= 15 is 0 Å². The topological polar surface area (TPSA) is 75.3 Å². The van der Waals surface area contributed by atoms with Gasteiger partial charge < -0.3 is 5.32 Å². The van der Waals surface area contributed by atoms with Crippen molar-refractivity contribution in [1.82, 2.24) is 5.32 Å². The Morgan fingerprint density at radius 2 is 1.62 bits per heavy atom. The number of aryl methyl sites for hydroxylation is 4. The zero-order valence-electron chi connectivity index (χ0n) is 20.0. The molecule has 1 aliphatic rings. The zero-order chi connectivity index (χ0) is 24.3. The Morgan fingerprint density at radius 1 is 0.912 bits per heavy atom. The van der Waals surface area contributed by atoms with Crippen LogP contribution >= 0.6 is 0 Å². The number of nitrogens with one attached hydrogen (secondary N) is 2. The smallest absolute Gasteiger partial charge is 0.261 e. The molecule has 0 saturated carbocycles. The first-order valence-corrected chi connectivity index (χ1v) is 13.4. The second-order valence-electron chi connectivity index (χ2n) is 9.12. The monoisotopic (exact) mass is 476 g/mol. The van der Waals surface area contributed by atoms with Gasteiger partial charge in [0.2, 0.25) is 0 Å². The lowest BCUT2D eigenvalue weighted by Crippen LogP contribution is -2.28. The number of amides is 1. The van der Waals surface area contributed by atoms with Crippen LogP contribution in [0.3, 0.4) is 0 Å². The SMILES string of the molecule is CCC(NC(=O)c1ccc(C)c(NS(=O)(=O)c2ccc(C)cc2)c1)c1ccc2c(c1)CCCC2. The number of fused-ring (bicyclic) bond motifs is 1. The summed E-state index contributed by atoms with van der Waals surface area (Å²) in [6.07, 6.45) is 5.44. The van der Waals surface area contributed by atoms with Crippen LogP contribution in [-0.2, 0) is 22.9 Å². The summed E-state index contributed by atoms with van der Waals surface area (Å²) in [5.74, 6) is -0.222. The minimum Gasteiger partial charge on any atom is -0.345 e. The molecule has 0 bridgehead atoms. The highest BCUT2D eigenvalue weighted by atomic mass is 32.2. The Hall–Kier alpha value is -3.12. The van der Waals surface area contributed by atoms with Gasteiger partial charge in [0.25, 0.3) is 15.9 Å². The first-order chi connectivity index (χ1) is 16.3. The molecule has 1 aliphatic carbocycles. The van der Waals surface area contributed by atoms with E-state index < -0.39 is 10.0 Å². The molecule has 0 saturated heterocycles. The molecular weight excluding hydrogens is 444 g/mol. The van der Waals surface area contributed by atoms with Gasteiger partial charge in [-0.3, -0.25) is 9.52 Å². The van der Waals surface area contributed by atoms with Crippen molar-refractivity contribution in [2.45, 2.75) is 63.8 Å². The molecule has 3 aromatic rings. The molecule has 1 amide bonds. The predicted octanol–water partition coefficient (Wildman–Crippen LogP) is 5.86. The molecular formula is C28H32N2O3S. The molecule has 1 atom stereocenters. The van der Waals surface area contributed by atoms with Crippen LogP contribution in [0.2, 0.25) is 0 Å². The average Bonchev–Trinajstić information content (AvgIpc) is 2.83.